The molecule has 3 aliphatic heterocycles. The third-order valence-electron chi connectivity index (χ3n) is 12.6. The molecule has 70 heavy (non-hydrogen) atoms. The molecule has 11 atom stereocenters. The fraction of sp³-hybridized carbons (Fsp3) is 0.351. The molecule has 0 bridgehead atoms. The predicted molar refractivity (Wildman–Crippen MR) is 267 cm³/mol. The molecule has 6 aromatic rings. The lowest BCUT2D eigenvalue weighted by Gasteiger charge is -2.51. The summed E-state index contributed by atoms with van der Waals surface area (Å²) in [4.78, 5) is 0. The molecule has 0 aromatic heterocycles. The standard InChI is InChI=1S/C57H58INO11/c1-60-55-53(64-35-43-25-13-5-14-26-43)51(62-33-41-21-9-3-10-22-41)49(61-32-40-19-7-2-8-20-40)47(68-55)37-66-56-54(65-36-44-27-15-6-16-28-44)52(63-34-42-23-11-4-12-24-42)50-48(69-56)38-67-57(39-59,70-50)31-45-29-17-18-30-46(45)58/h2-30,47-56H,31-38H2,1H3/t47-,48-,49-,50-,51+,52+,53-,54+,55+,56-,57?/m1/s1. The van der Waals surface area contributed by atoms with Crippen LogP contribution in [0.4, 0.5) is 0 Å². The van der Waals surface area contributed by atoms with Crippen LogP contribution in [0.3, 0.4) is 0 Å². The number of methoxy groups -OCH3 is 1. The van der Waals surface area contributed by atoms with Gasteiger partial charge in [-0.1, -0.05) is 170 Å². The van der Waals surface area contributed by atoms with Gasteiger partial charge in [0.25, 0.3) is 5.79 Å². The Hall–Kier alpha value is -4.90. The number of rotatable bonds is 21. The van der Waals surface area contributed by atoms with Gasteiger partial charge in [-0.05, 0) is 62.0 Å². The Morgan fingerprint density at radius 1 is 0.514 bits per heavy atom. The smallest absolute Gasteiger partial charge is 0.264 e. The fourth-order valence-electron chi connectivity index (χ4n) is 9.00. The third-order valence-corrected chi connectivity index (χ3v) is 13.7. The molecule has 1 unspecified atom stereocenters. The summed E-state index contributed by atoms with van der Waals surface area (Å²) in [6, 6.07) is 59.9. The van der Waals surface area contributed by atoms with Crippen molar-refractivity contribution >= 4 is 22.6 Å². The monoisotopic (exact) mass is 1060 g/mol. The van der Waals surface area contributed by atoms with Crippen molar-refractivity contribution in [2.75, 3.05) is 20.3 Å². The van der Waals surface area contributed by atoms with Crippen molar-refractivity contribution in [2.24, 2.45) is 0 Å². The highest BCUT2D eigenvalue weighted by atomic mass is 127. The molecular weight excluding hydrogens is 1000 g/mol. The van der Waals surface area contributed by atoms with E-state index in [0.29, 0.717) is 0 Å². The van der Waals surface area contributed by atoms with Gasteiger partial charge in [0.2, 0.25) is 0 Å². The number of hydrogen-bond acceptors (Lipinski definition) is 12. The molecular formula is C57H58INO11. The van der Waals surface area contributed by atoms with Crippen LogP contribution < -0.4 is 0 Å². The summed E-state index contributed by atoms with van der Waals surface area (Å²) in [5.41, 5.74) is 5.76. The Bertz CT molecular complexity index is 2520. The summed E-state index contributed by atoms with van der Waals surface area (Å²) in [5, 5.41) is 10.8. The van der Waals surface area contributed by atoms with E-state index >= 15 is 0 Å². The molecule has 364 valence electrons. The van der Waals surface area contributed by atoms with Gasteiger partial charge in [-0.2, -0.15) is 5.26 Å². The number of fused-ring (bicyclic) bond motifs is 1. The quantitative estimate of drug-likeness (QED) is 0.0638. The van der Waals surface area contributed by atoms with E-state index < -0.39 is 67.2 Å². The van der Waals surface area contributed by atoms with Crippen molar-refractivity contribution in [1.82, 2.24) is 0 Å². The average molecular weight is 1060 g/mol. The fourth-order valence-corrected chi connectivity index (χ4v) is 9.58. The van der Waals surface area contributed by atoms with Gasteiger partial charge in [-0.25, -0.2) is 0 Å². The predicted octanol–water partition coefficient (Wildman–Crippen LogP) is 9.51. The van der Waals surface area contributed by atoms with Gasteiger partial charge in [0.15, 0.2) is 12.6 Å². The van der Waals surface area contributed by atoms with Crippen molar-refractivity contribution < 1.29 is 52.1 Å². The summed E-state index contributed by atoms with van der Waals surface area (Å²) in [6.07, 6.45) is -7.73. The number of nitrogens with zero attached hydrogens (tertiary/aromatic N) is 1. The van der Waals surface area contributed by atoms with Crippen molar-refractivity contribution in [1.29, 1.82) is 5.26 Å². The van der Waals surface area contributed by atoms with Gasteiger partial charge >= 0.3 is 0 Å². The summed E-state index contributed by atoms with van der Waals surface area (Å²) in [7, 11) is 1.59. The third kappa shape index (κ3) is 12.9. The lowest BCUT2D eigenvalue weighted by atomic mass is 9.95. The maximum Gasteiger partial charge on any atom is 0.264 e. The molecule has 0 aliphatic carbocycles. The van der Waals surface area contributed by atoms with Crippen LogP contribution in [0.1, 0.15) is 33.4 Å². The molecule has 9 rings (SSSR count). The number of halogens is 1. The molecule has 0 radical (unpaired) electrons. The first kappa shape index (κ1) is 50.1. The maximum absolute atomic E-state index is 10.8. The maximum atomic E-state index is 10.8. The van der Waals surface area contributed by atoms with Crippen LogP contribution in [-0.2, 0) is 91.6 Å². The Morgan fingerprint density at radius 3 is 1.41 bits per heavy atom. The Kier molecular flexibility index (Phi) is 17.9. The highest BCUT2D eigenvalue weighted by Crippen LogP contribution is 2.39. The van der Waals surface area contributed by atoms with E-state index in [1.54, 1.807) is 7.11 Å². The van der Waals surface area contributed by atoms with Crippen LogP contribution in [0.5, 0.6) is 0 Å². The summed E-state index contributed by atoms with van der Waals surface area (Å²) in [5.74, 6) is -1.62. The summed E-state index contributed by atoms with van der Waals surface area (Å²) < 4.78 is 75.1. The highest BCUT2D eigenvalue weighted by Gasteiger charge is 2.56. The number of nitriles is 1. The second-order valence-corrected chi connectivity index (χ2v) is 18.6. The molecule has 12 nitrogen and oxygen atoms in total. The van der Waals surface area contributed by atoms with Crippen LogP contribution in [0.25, 0.3) is 0 Å². The molecule has 6 aromatic carbocycles. The van der Waals surface area contributed by atoms with Gasteiger partial charge in [0, 0.05) is 17.1 Å². The molecule has 0 amide bonds. The molecule has 3 fully saturated rings. The Balaban J connectivity index is 1.03. The molecule has 0 N–H and O–H groups in total. The number of benzene rings is 6. The number of ether oxygens (including phenoxy) is 11. The van der Waals surface area contributed by atoms with Crippen molar-refractivity contribution in [2.45, 2.75) is 107 Å². The minimum absolute atomic E-state index is 0.0302. The van der Waals surface area contributed by atoms with Gasteiger partial charge in [0.1, 0.15) is 54.9 Å². The number of hydrogen-bond donors (Lipinski definition) is 0. The first-order valence-electron chi connectivity index (χ1n) is 23.7. The van der Waals surface area contributed by atoms with Crippen molar-refractivity contribution in [3.05, 3.63) is 213 Å². The van der Waals surface area contributed by atoms with Crippen LogP contribution >= 0.6 is 22.6 Å². The van der Waals surface area contributed by atoms with Crippen molar-refractivity contribution in [3.63, 3.8) is 0 Å². The van der Waals surface area contributed by atoms with E-state index in [1.165, 1.54) is 0 Å². The zero-order valence-corrected chi connectivity index (χ0v) is 41.1. The first-order chi connectivity index (χ1) is 34.5. The van der Waals surface area contributed by atoms with Gasteiger partial charge in [-0.15, -0.1) is 0 Å². The largest absolute Gasteiger partial charge is 0.368 e. The topological polar surface area (TPSA) is 125 Å². The molecule has 0 saturated carbocycles. The van der Waals surface area contributed by atoms with Crippen LogP contribution in [0.2, 0.25) is 0 Å². The lowest BCUT2D eigenvalue weighted by Crippen LogP contribution is -2.67. The van der Waals surface area contributed by atoms with E-state index in [0.717, 1.165) is 37.0 Å². The second-order valence-electron chi connectivity index (χ2n) is 17.5. The van der Waals surface area contributed by atoms with E-state index in [4.69, 9.17) is 52.1 Å². The Labute approximate surface area is 423 Å². The first-order valence-corrected chi connectivity index (χ1v) is 24.7. The van der Waals surface area contributed by atoms with Crippen LogP contribution in [-0.4, -0.2) is 87.5 Å². The molecule has 3 aliphatic rings. The SMILES string of the molecule is CO[C@H]1O[C@H](CO[C@@H]2O[C@@H]3COC(C#N)(Cc4ccccc4I)O[C@H]3[C@H](OCc3ccccc3)[C@@H]2OCc2ccccc2)[C@@H](OCc2ccccc2)[C@H](OCc2ccccc2)[C@H]1OCc1ccccc1. The molecule has 3 saturated heterocycles. The van der Waals surface area contributed by atoms with Gasteiger partial charge < -0.3 is 52.1 Å². The van der Waals surface area contributed by atoms with Gasteiger partial charge in [0.05, 0.1) is 46.2 Å². The van der Waals surface area contributed by atoms with E-state index in [1.807, 2.05) is 176 Å². The van der Waals surface area contributed by atoms with E-state index in [2.05, 4.69) is 28.7 Å². The molecule has 13 heteroatoms. The molecule has 3 heterocycles. The van der Waals surface area contributed by atoms with E-state index in [9.17, 15) is 5.26 Å². The highest BCUT2D eigenvalue weighted by molar-refractivity contribution is 14.1. The van der Waals surface area contributed by atoms with Crippen molar-refractivity contribution in [3.8, 4) is 6.07 Å². The second kappa shape index (κ2) is 25.0. The van der Waals surface area contributed by atoms with Gasteiger partial charge in [-0.3, -0.25) is 0 Å². The van der Waals surface area contributed by atoms with Crippen LogP contribution in [0.15, 0.2) is 176 Å². The average Bonchev–Trinajstić information content (AvgIpc) is 3.41. The normalized spacial score (nSPS) is 27.6. The summed E-state index contributed by atoms with van der Waals surface area (Å²) in [6.45, 7) is 1.27. The summed E-state index contributed by atoms with van der Waals surface area (Å²) >= 11 is 2.27. The zero-order valence-electron chi connectivity index (χ0n) is 39.0. The lowest BCUT2D eigenvalue weighted by molar-refractivity contribution is -0.391. The minimum atomic E-state index is -1.62. The minimum Gasteiger partial charge on any atom is -0.368 e. The van der Waals surface area contributed by atoms with E-state index in [-0.39, 0.29) is 52.7 Å². The molecule has 0 spiro atoms. The Morgan fingerprint density at radius 2 is 0.943 bits per heavy atom. The zero-order chi connectivity index (χ0) is 48.0. The van der Waals surface area contributed by atoms with Crippen LogP contribution in [0, 0.1) is 14.9 Å².